The fourth-order valence-electron chi connectivity index (χ4n) is 2.06. The van der Waals surface area contributed by atoms with Crippen molar-refractivity contribution in [2.75, 3.05) is 13.2 Å². The van der Waals surface area contributed by atoms with Crippen LogP contribution in [0.3, 0.4) is 0 Å². The molecule has 0 radical (unpaired) electrons. The fraction of sp³-hybridized carbons (Fsp3) is 0.385. The zero-order valence-corrected chi connectivity index (χ0v) is 9.35. The molecule has 0 spiro atoms. The largest absolute Gasteiger partial charge is 0.481 e. The average Bonchev–Trinajstić information content (AvgIpc) is 2.79. The van der Waals surface area contributed by atoms with Crippen LogP contribution in [0.1, 0.15) is 17.5 Å². The first-order chi connectivity index (χ1) is 8.16. The first-order valence-electron chi connectivity index (χ1n) is 5.46. The highest BCUT2D eigenvalue weighted by molar-refractivity contribution is 5.70. The Balaban J connectivity index is 2.23. The summed E-state index contributed by atoms with van der Waals surface area (Å²) in [5, 5.41) is 17.9. The van der Waals surface area contributed by atoms with Crippen molar-refractivity contribution < 1.29 is 14.6 Å². The minimum atomic E-state index is -0.850. The van der Waals surface area contributed by atoms with Gasteiger partial charge in [0.15, 0.2) is 0 Å². The number of aliphatic carboxylic acids is 1. The van der Waals surface area contributed by atoms with E-state index in [1.54, 1.807) is 12.1 Å². The number of nitrogens with zero attached hydrogens (tertiary/aromatic N) is 1. The summed E-state index contributed by atoms with van der Waals surface area (Å²) < 4.78 is 5.28. The molecule has 17 heavy (non-hydrogen) atoms. The van der Waals surface area contributed by atoms with E-state index >= 15 is 0 Å². The van der Waals surface area contributed by atoms with Gasteiger partial charge in [-0.1, -0.05) is 24.3 Å². The molecule has 88 valence electrons. The molecule has 4 heteroatoms. The van der Waals surface area contributed by atoms with E-state index in [1.807, 2.05) is 12.1 Å². The molecule has 1 aliphatic rings. The van der Waals surface area contributed by atoms with Gasteiger partial charge in [0.2, 0.25) is 0 Å². The molecule has 4 nitrogen and oxygen atoms in total. The van der Waals surface area contributed by atoms with E-state index in [2.05, 4.69) is 6.07 Å². The summed E-state index contributed by atoms with van der Waals surface area (Å²) in [7, 11) is 0. The number of carboxylic acids is 1. The number of carbonyl (C=O) groups is 1. The van der Waals surface area contributed by atoms with Crippen LogP contribution in [0.25, 0.3) is 0 Å². The predicted octanol–water partition coefficient (Wildman–Crippen LogP) is 1.50. The lowest BCUT2D eigenvalue weighted by Crippen LogP contribution is -2.24. The van der Waals surface area contributed by atoms with Gasteiger partial charge < -0.3 is 9.84 Å². The smallest absolute Gasteiger partial charge is 0.307 e. The van der Waals surface area contributed by atoms with Crippen LogP contribution < -0.4 is 0 Å². The summed E-state index contributed by atoms with van der Waals surface area (Å²) in [6, 6.07) is 9.50. The Labute approximate surface area is 99.4 Å². The van der Waals surface area contributed by atoms with Gasteiger partial charge in [0.1, 0.15) is 5.41 Å². The van der Waals surface area contributed by atoms with Crippen LogP contribution in [-0.2, 0) is 21.4 Å². The van der Waals surface area contributed by atoms with Crippen molar-refractivity contribution in [2.24, 2.45) is 0 Å². The molecule has 1 heterocycles. The number of nitriles is 1. The molecular weight excluding hydrogens is 218 g/mol. The summed E-state index contributed by atoms with van der Waals surface area (Å²) in [4.78, 5) is 10.6. The molecule has 1 fully saturated rings. The van der Waals surface area contributed by atoms with E-state index in [4.69, 9.17) is 9.84 Å². The molecule has 0 aliphatic carbocycles. The van der Waals surface area contributed by atoms with Crippen LogP contribution in [0.4, 0.5) is 0 Å². The van der Waals surface area contributed by atoms with Gasteiger partial charge in [0.05, 0.1) is 19.1 Å². The van der Waals surface area contributed by atoms with Gasteiger partial charge in [-0.3, -0.25) is 4.79 Å². The lowest BCUT2D eigenvalue weighted by Gasteiger charge is -2.18. The first-order valence-corrected chi connectivity index (χ1v) is 5.46. The van der Waals surface area contributed by atoms with Crippen LogP contribution in [-0.4, -0.2) is 24.3 Å². The fourth-order valence-corrected chi connectivity index (χ4v) is 2.06. The lowest BCUT2D eigenvalue weighted by atomic mass is 9.81. The Kier molecular flexibility index (Phi) is 3.12. The van der Waals surface area contributed by atoms with E-state index < -0.39 is 11.4 Å². The second kappa shape index (κ2) is 4.56. The van der Waals surface area contributed by atoms with E-state index in [1.165, 1.54) is 0 Å². The molecule has 2 rings (SSSR count). The van der Waals surface area contributed by atoms with Gasteiger partial charge in [0.25, 0.3) is 0 Å². The number of benzene rings is 1. The lowest BCUT2D eigenvalue weighted by molar-refractivity contribution is -0.136. The zero-order valence-electron chi connectivity index (χ0n) is 9.35. The minimum absolute atomic E-state index is 0.0103. The number of hydrogen-bond acceptors (Lipinski definition) is 3. The van der Waals surface area contributed by atoms with Crippen molar-refractivity contribution in [1.29, 1.82) is 5.26 Å². The van der Waals surface area contributed by atoms with Crippen molar-refractivity contribution in [2.45, 2.75) is 18.3 Å². The molecule has 1 unspecified atom stereocenters. The standard InChI is InChI=1S/C13H13NO3/c14-8-13(5-6-17-9-13)11-3-1-10(2-4-11)7-12(15)16/h1-4H,5-7,9H2,(H,15,16). The van der Waals surface area contributed by atoms with E-state index in [0.717, 1.165) is 11.1 Å². The van der Waals surface area contributed by atoms with Crippen molar-refractivity contribution >= 4 is 5.97 Å². The van der Waals surface area contributed by atoms with Crippen molar-refractivity contribution in [3.63, 3.8) is 0 Å². The molecule has 0 bridgehead atoms. The van der Waals surface area contributed by atoms with Gasteiger partial charge in [-0.05, 0) is 17.5 Å². The maximum Gasteiger partial charge on any atom is 0.307 e. The van der Waals surface area contributed by atoms with Crippen LogP contribution in [0.5, 0.6) is 0 Å². The van der Waals surface area contributed by atoms with E-state index in [0.29, 0.717) is 19.6 Å². The molecule has 1 atom stereocenters. The number of ether oxygens (including phenoxy) is 1. The number of hydrogen-bond donors (Lipinski definition) is 1. The monoisotopic (exact) mass is 231 g/mol. The topological polar surface area (TPSA) is 70.3 Å². The van der Waals surface area contributed by atoms with Crippen LogP contribution in [0.2, 0.25) is 0 Å². The van der Waals surface area contributed by atoms with Gasteiger partial charge in [-0.25, -0.2) is 0 Å². The highest BCUT2D eigenvalue weighted by Crippen LogP contribution is 2.32. The molecule has 1 aromatic carbocycles. The molecule has 1 aliphatic heterocycles. The molecule has 0 amide bonds. The molecular formula is C13H13NO3. The number of carboxylic acid groups (broad SMARTS) is 1. The van der Waals surface area contributed by atoms with E-state index in [-0.39, 0.29) is 6.42 Å². The summed E-state index contributed by atoms with van der Waals surface area (Å²) >= 11 is 0. The quantitative estimate of drug-likeness (QED) is 0.855. The Hall–Kier alpha value is -1.86. The van der Waals surface area contributed by atoms with Crippen LogP contribution in [0.15, 0.2) is 24.3 Å². The van der Waals surface area contributed by atoms with Crippen LogP contribution >= 0.6 is 0 Å². The minimum Gasteiger partial charge on any atom is -0.481 e. The Morgan fingerprint density at radius 3 is 2.65 bits per heavy atom. The molecule has 1 N–H and O–H groups in total. The second-order valence-corrected chi connectivity index (χ2v) is 4.26. The summed E-state index contributed by atoms with van der Waals surface area (Å²) in [6.45, 7) is 1.02. The first kappa shape index (κ1) is 11.6. The van der Waals surface area contributed by atoms with Crippen molar-refractivity contribution in [3.05, 3.63) is 35.4 Å². The van der Waals surface area contributed by atoms with Gasteiger partial charge in [0, 0.05) is 6.61 Å². The Morgan fingerprint density at radius 2 is 2.18 bits per heavy atom. The summed E-state index contributed by atoms with van der Waals surface area (Å²) in [6.07, 6.45) is 0.706. The molecule has 0 aromatic heterocycles. The van der Waals surface area contributed by atoms with Gasteiger partial charge in [-0.15, -0.1) is 0 Å². The zero-order chi connectivity index (χ0) is 12.3. The average molecular weight is 231 g/mol. The summed E-state index contributed by atoms with van der Waals surface area (Å²) in [5.41, 5.74) is 1.10. The predicted molar refractivity (Wildman–Crippen MR) is 60.5 cm³/mol. The Morgan fingerprint density at radius 1 is 1.47 bits per heavy atom. The third kappa shape index (κ3) is 2.29. The van der Waals surface area contributed by atoms with Crippen LogP contribution in [0, 0.1) is 11.3 Å². The summed E-state index contributed by atoms with van der Waals surface area (Å²) in [5.74, 6) is -0.850. The SMILES string of the molecule is N#CC1(c2ccc(CC(=O)O)cc2)CCOC1. The maximum atomic E-state index is 10.6. The third-order valence-electron chi connectivity index (χ3n) is 3.10. The third-order valence-corrected chi connectivity index (χ3v) is 3.10. The number of rotatable bonds is 3. The Bertz CT molecular complexity index is 453. The molecule has 0 saturated carbocycles. The van der Waals surface area contributed by atoms with Crippen molar-refractivity contribution in [1.82, 2.24) is 0 Å². The normalized spacial score (nSPS) is 23.2. The maximum absolute atomic E-state index is 10.6. The highest BCUT2D eigenvalue weighted by atomic mass is 16.5. The highest BCUT2D eigenvalue weighted by Gasteiger charge is 2.36. The van der Waals surface area contributed by atoms with Crippen molar-refractivity contribution in [3.8, 4) is 6.07 Å². The van der Waals surface area contributed by atoms with Gasteiger partial charge in [-0.2, -0.15) is 5.26 Å². The molecule has 1 aromatic rings. The molecule has 1 saturated heterocycles. The van der Waals surface area contributed by atoms with E-state index in [9.17, 15) is 10.1 Å². The van der Waals surface area contributed by atoms with Gasteiger partial charge >= 0.3 is 5.97 Å². The second-order valence-electron chi connectivity index (χ2n) is 4.26.